The van der Waals surface area contributed by atoms with Crippen LogP contribution < -0.4 is 5.32 Å². The number of aryl methyl sites for hydroxylation is 2. The van der Waals surface area contributed by atoms with Gasteiger partial charge in [-0.05, 0) is 37.6 Å². The number of nitrogens with one attached hydrogen (secondary N) is 1. The Labute approximate surface area is 95.6 Å². The lowest BCUT2D eigenvalue weighted by Gasteiger charge is -2.05. The van der Waals surface area contributed by atoms with E-state index in [0.717, 1.165) is 17.2 Å². The van der Waals surface area contributed by atoms with Crippen molar-refractivity contribution >= 4 is 5.82 Å². The Balaban J connectivity index is 1.99. The Kier molecular flexibility index (Phi) is 3.15. The summed E-state index contributed by atoms with van der Waals surface area (Å²) in [6, 6.07) is 10.0. The van der Waals surface area contributed by atoms with E-state index >= 15 is 0 Å². The molecule has 0 spiro atoms. The van der Waals surface area contributed by atoms with Crippen LogP contribution in [0.25, 0.3) is 0 Å². The van der Waals surface area contributed by atoms with Gasteiger partial charge in [0.1, 0.15) is 5.82 Å². The second kappa shape index (κ2) is 4.75. The fourth-order valence-electron chi connectivity index (χ4n) is 1.43. The molecule has 1 N–H and O–H groups in total. The molecule has 3 nitrogen and oxygen atoms in total. The van der Waals surface area contributed by atoms with Crippen LogP contribution in [0.2, 0.25) is 0 Å². The molecule has 2 rings (SSSR count). The quantitative estimate of drug-likeness (QED) is 0.851. The highest BCUT2D eigenvalue weighted by atomic mass is 15.0. The number of anilines is 1. The van der Waals surface area contributed by atoms with Crippen LogP contribution in [0.1, 0.15) is 17.0 Å². The van der Waals surface area contributed by atoms with E-state index in [1.807, 2.05) is 44.3 Å². The third kappa shape index (κ3) is 2.79. The van der Waals surface area contributed by atoms with E-state index in [1.165, 1.54) is 5.56 Å². The smallest absolute Gasteiger partial charge is 0.126 e. The van der Waals surface area contributed by atoms with Crippen LogP contribution in [0.4, 0.5) is 5.82 Å². The Morgan fingerprint density at radius 2 is 2.00 bits per heavy atom. The van der Waals surface area contributed by atoms with Gasteiger partial charge in [0.25, 0.3) is 0 Å². The van der Waals surface area contributed by atoms with Gasteiger partial charge in [0.05, 0.1) is 12.2 Å². The molecule has 0 radical (unpaired) electrons. The summed E-state index contributed by atoms with van der Waals surface area (Å²) in [5.41, 5.74) is 3.22. The SMILES string of the molecule is Cc1ccc(CNc2cccc(C)n2)nc1. The number of hydrogen-bond acceptors (Lipinski definition) is 3. The second-order valence-corrected chi connectivity index (χ2v) is 3.84. The van der Waals surface area contributed by atoms with E-state index in [-0.39, 0.29) is 0 Å². The molecule has 2 heterocycles. The molecule has 0 aliphatic rings. The molecule has 0 atom stereocenters. The molecule has 0 unspecified atom stereocenters. The fourth-order valence-corrected chi connectivity index (χ4v) is 1.43. The zero-order valence-corrected chi connectivity index (χ0v) is 9.57. The van der Waals surface area contributed by atoms with E-state index in [1.54, 1.807) is 0 Å². The zero-order chi connectivity index (χ0) is 11.4. The van der Waals surface area contributed by atoms with Gasteiger partial charge in [0, 0.05) is 11.9 Å². The van der Waals surface area contributed by atoms with Crippen LogP contribution in [-0.2, 0) is 6.54 Å². The van der Waals surface area contributed by atoms with Crippen molar-refractivity contribution in [1.82, 2.24) is 9.97 Å². The van der Waals surface area contributed by atoms with Crippen LogP contribution >= 0.6 is 0 Å². The Hall–Kier alpha value is -1.90. The standard InChI is InChI=1S/C13H15N3/c1-10-6-7-12(14-8-10)9-15-13-5-3-4-11(2)16-13/h3-8H,9H2,1-2H3,(H,15,16). The molecule has 0 saturated heterocycles. The lowest BCUT2D eigenvalue weighted by molar-refractivity contribution is 1.02. The first-order chi connectivity index (χ1) is 7.74. The summed E-state index contributed by atoms with van der Waals surface area (Å²) in [4.78, 5) is 8.69. The lowest BCUT2D eigenvalue weighted by Crippen LogP contribution is -2.03. The fraction of sp³-hybridized carbons (Fsp3) is 0.231. The monoisotopic (exact) mass is 213 g/mol. The molecule has 0 fully saturated rings. The van der Waals surface area contributed by atoms with E-state index in [4.69, 9.17) is 0 Å². The van der Waals surface area contributed by atoms with Crippen LogP contribution in [-0.4, -0.2) is 9.97 Å². The molecule has 0 aliphatic carbocycles. The second-order valence-electron chi connectivity index (χ2n) is 3.84. The van der Waals surface area contributed by atoms with Gasteiger partial charge < -0.3 is 5.32 Å². The van der Waals surface area contributed by atoms with Crippen molar-refractivity contribution in [3.05, 3.63) is 53.5 Å². The molecule has 0 bridgehead atoms. The number of rotatable bonds is 3. The van der Waals surface area contributed by atoms with Crippen LogP contribution in [0, 0.1) is 13.8 Å². The van der Waals surface area contributed by atoms with Gasteiger partial charge in [-0.2, -0.15) is 0 Å². The molecular weight excluding hydrogens is 198 g/mol. The summed E-state index contributed by atoms with van der Waals surface area (Å²) in [6.07, 6.45) is 1.88. The minimum Gasteiger partial charge on any atom is -0.364 e. The summed E-state index contributed by atoms with van der Waals surface area (Å²) < 4.78 is 0. The van der Waals surface area contributed by atoms with Crippen LogP contribution in [0.5, 0.6) is 0 Å². The minimum atomic E-state index is 0.705. The predicted molar refractivity (Wildman–Crippen MR) is 65.3 cm³/mol. The van der Waals surface area contributed by atoms with Gasteiger partial charge >= 0.3 is 0 Å². The van der Waals surface area contributed by atoms with Crippen molar-refractivity contribution < 1.29 is 0 Å². The molecule has 3 heteroatoms. The molecule has 2 aromatic rings. The first-order valence-corrected chi connectivity index (χ1v) is 5.33. The highest BCUT2D eigenvalue weighted by Crippen LogP contribution is 2.06. The molecule has 82 valence electrons. The van der Waals surface area contributed by atoms with Crippen molar-refractivity contribution in [3.63, 3.8) is 0 Å². The number of hydrogen-bond donors (Lipinski definition) is 1. The number of pyridine rings is 2. The molecule has 16 heavy (non-hydrogen) atoms. The first kappa shape index (κ1) is 10.6. The van der Waals surface area contributed by atoms with Crippen molar-refractivity contribution in [1.29, 1.82) is 0 Å². The third-order valence-electron chi connectivity index (χ3n) is 2.31. The summed E-state index contributed by atoms with van der Waals surface area (Å²) in [5.74, 6) is 0.891. The summed E-state index contributed by atoms with van der Waals surface area (Å²) in [6.45, 7) is 4.72. The molecule has 0 aliphatic heterocycles. The summed E-state index contributed by atoms with van der Waals surface area (Å²) >= 11 is 0. The van der Waals surface area contributed by atoms with Gasteiger partial charge in [0.2, 0.25) is 0 Å². The van der Waals surface area contributed by atoms with Crippen molar-refractivity contribution in [2.24, 2.45) is 0 Å². The first-order valence-electron chi connectivity index (χ1n) is 5.33. The van der Waals surface area contributed by atoms with E-state index in [2.05, 4.69) is 21.4 Å². The average Bonchev–Trinajstić information content (AvgIpc) is 2.28. The Morgan fingerprint density at radius 3 is 2.69 bits per heavy atom. The molecule has 0 saturated carbocycles. The highest BCUT2D eigenvalue weighted by molar-refractivity contribution is 5.35. The highest BCUT2D eigenvalue weighted by Gasteiger charge is 1.96. The Bertz CT molecular complexity index is 463. The number of aromatic nitrogens is 2. The average molecular weight is 213 g/mol. The molecule has 0 amide bonds. The largest absolute Gasteiger partial charge is 0.364 e. The maximum atomic E-state index is 4.37. The van der Waals surface area contributed by atoms with Crippen LogP contribution in [0.3, 0.4) is 0 Å². The third-order valence-corrected chi connectivity index (χ3v) is 2.31. The van der Waals surface area contributed by atoms with E-state index in [9.17, 15) is 0 Å². The van der Waals surface area contributed by atoms with Crippen LogP contribution in [0.15, 0.2) is 36.5 Å². The maximum Gasteiger partial charge on any atom is 0.126 e. The van der Waals surface area contributed by atoms with Gasteiger partial charge in [-0.15, -0.1) is 0 Å². The predicted octanol–water partition coefficient (Wildman–Crippen LogP) is 2.71. The van der Waals surface area contributed by atoms with Gasteiger partial charge in [-0.1, -0.05) is 12.1 Å². The van der Waals surface area contributed by atoms with Crippen molar-refractivity contribution in [2.45, 2.75) is 20.4 Å². The Morgan fingerprint density at radius 1 is 1.12 bits per heavy atom. The molecule has 0 aromatic carbocycles. The van der Waals surface area contributed by atoms with Crippen molar-refractivity contribution in [2.75, 3.05) is 5.32 Å². The van der Waals surface area contributed by atoms with Crippen molar-refractivity contribution in [3.8, 4) is 0 Å². The minimum absolute atomic E-state index is 0.705. The molecule has 2 aromatic heterocycles. The summed E-state index contributed by atoms with van der Waals surface area (Å²) in [7, 11) is 0. The topological polar surface area (TPSA) is 37.8 Å². The number of nitrogens with zero attached hydrogens (tertiary/aromatic N) is 2. The normalized spacial score (nSPS) is 10.1. The summed E-state index contributed by atoms with van der Waals surface area (Å²) in [5, 5.41) is 3.25. The van der Waals surface area contributed by atoms with Gasteiger partial charge in [-0.25, -0.2) is 4.98 Å². The van der Waals surface area contributed by atoms with Gasteiger partial charge in [0.15, 0.2) is 0 Å². The molecular formula is C13H15N3. The van der Waals surface area contributed by atoms with Gasteiger partial charge in [-0.3, -0.25) is 4.98 Å². The lowest BCUT2D eigenvalue weighted by atomic mass is 10.3. The van der Waals surface area contributed by atoms with E-state index < -0.39 is 0 Å². The maximum absolute atomic E-state index is 4.37. The van der Waals surface area contributed by atoms with E-state index in [0.29, 0.717) is 6.54 Å². The zero-order valence-electron chi connectivity index (χ0n) is 9.57.